The normalized spacial score (nSPS) is 14.1. The molecule has 43 heavy (non-hydrogen) atoms. The number of nitrogens with zero attached hydrogens (tertiary/aromatic N) is 1. The molecule has 10 heteroatoms. The summed E-state index contributed by atoms with van der Waals surface area (Å²) in [6.45, 7) is 6.30. The van der Waals surface area contributed by atoms with Gasteiger partial charge in [-0.05, 0) is 75.5 Å². The molecule has 0 aliphatic carbocycles. The molecule has 4 aromatic rings. The standard InChI is InChI=1S/C33H35FN4O5/c1-20-4-6-23(7-5-20)21(2)37-32(39)33(40)38-24-8-9-29(26(34)16-24)43-28-12-15-36-27-18-31(30(41-3)17-25(27)28)42-19-22-10-13-35-14-11-22/h4-9,12,15-18,21-22,35H,10-11,13-14,19H2,1-3H3,(H,37,39)(H,38,40). The van der Waals surface area contributed by atoms with Gasteiger partial charge >= 0.3 is 11.8 Å². The minimum atomic E-state index is -0.905. The van der Waals surface area contributed by atoms with E-state index in [2.05, 4.69) is 20.9 Å². The minimum absolute atomic E-state index is 0.0619. The molecule has 3 N–H and O–H groups in total. The number of aromatic nitrogens is 1. The lowest BCUT2D eigenvalue weighted by Gasteiger charge is -2.23. The predicted octanol–water partition coefficient (Wildman–Crippen LogP) is 5.68. The zero-order valence-corrected chi connectivity index (χ0v) is 24.4. The largest absolute Gasteiger partial charge is 0.493 e. The summed E-state index contributed by atoms with van der Waals surface area (Å²) < 4.78 is 32.7. The number of nitrogens with one attached hydrogen (secondary N) is 3. The third kappa shape index (κ3) is 7.39. The molecule has 0 spiro atoms. The Hall–Kier alpha value is -4.70. The number of hydrogen-bond donors (Lipinski definition) is 3. The summed E-state index contributed by atoms with van der Waals surface area (Å²) in [6.07, 6.45) is 3.69. The van der Waals surface area contributed by atoms with Gasteiger partial charge in [0, 0.05) is 29.4 Å². The predicted molar refractivity (Wildman–Crippen MR) is 162 cm³/mol. The first kappa shape index (κ1) is 29.8. The molecule has 1 atom stereocenters. The van der Waals surface area contributed by atoms with Gasteiger partial charge in [0.05, 0.1) is 25.3 Å². The molecular formula is C33H35FN4O5. The Morgan fingerprint density at radius 3 is 2.47 bits per heavy atom. The number of amides is 2. The summed E-state index contributed by atoms with van der Waals surface area (Å²) in [5.41, 5.74) is 2.67. The average molecular weight is 587 g/mol. The minimum Gasteiger partial charge on any atom is -0.493 e. The van der Waals surface area contributed by atoms with E-state index in [0.717, 1.165) is 43.1 Å². The van der Waals surface area contributed by atoms with E-state index in [-0.39, 0.29) is 17.5 Å². The van der Waals surface area contributed by atoms with Gasteiger partial charge in [0.15, 0.2) is 23.1 Å². The van der Waals surface area contributed by atoms with Crippen molar-refractivity contribution in [3.63, 3.8) is 0 Å². The van der Waals surface area contributed by atoms with Gasteiger partial charge in [-0.1, -0.05) is 29.8 Å². The Kier molecular flexibility index (Phi) is 9.36. The van der Waals surface area contributed by atoms with E-state index in [0.29, 0.717) is 40.7 Å². The van der Waals surface area contributed by atoms with Crippen molar-refractivity contribution in [2.24, 2.45) is 5.92 Å². The molecule has 1 aliphatic heterocycles. The number of rotatable bonds is 9. The van der Waals surface area contributed by atoms with Gasteiger partial charge in [0.25, 0.3) is 0 Å². The van der Waals surface area contributed by atoms with Crippen molar-refractivity contribution in [3.05, 3.63) is 83.8 Å². The highest BCUT2D eigenvalue weighted by molar-refractivity contribution is 6.39. The lowest BCUT2D eigenvalue weighted by molar-refractivity contribution is -0.136. The molecule has 5 rings (SSSR count). The van der Waals surface area contributed by atoms with Gasteiger partial charge in [0.2, 0.25) is 0 Å². The molecule has 1 aliphatic rings. The molecule has 2 heterocycles. The molecule has 1 fully saturated rings. The van der Waals surface area contributed by atoms with E-state index in [1.807, 2.05) is 31.2 Å². The first-order chi connectivity index (χ1) is 20.8. The third-order valence-electron chi connectivity index (χ3n) is 7.46. The van der Waals surface area contributed by atoms with Crippen LogP contribution in [0.1, 0.15) is 36.9 Å². The van der Waals surface area contributed by atoms with Crippen LogP contribution in [0.2, 0.25) is 0 Å². The number of fused-ring (bicyclic) bond motifs is 1. The molecule has 2 amide bonds. The lowest BCUT2D eigenvalue weighted by Crippen LogP contribution is -2.36. The summed E-state index contributed by atoms with van der Waals surface area (Å²) in [4.78, 5) is 29.4. The van der Waals surface area contributed by atoms with Crippen molar-refractivity contribution < 1.29 is 28.2 Å². The van der Waals surface area contributed by atoms with Gasteiger partial charge in [-0.2, -0.15) is 0 Å². The summed E-state index contributed by atoms with van der Waals surface area (Å²) in [5.74, 6) is -0.569. The van der Waals surface area contributed by atoms with Crippen molar-refractivity contribution in [2.45, 2.75) is 32.7 Å². The smallest absolute Gasteiger partial charge is 0.313 e. The fraction of sp³-hybridized carbons (Fsp3) is 0.303. The topological polar surface area (TPSA) is 111 Å². The quantitative estimate of drug-likeness (QED) is 0.217. The number of aryl methyl sites for hydroxylation is 1. The van der Waals surface area contributed by atoms with Gasteiger partial charge < -0.3 is 30.2 Å². The van der Waals surface area contributed by atoms with Crippen LogP contribution < -0.4 is 30.2 Å². The van der Waals surface area contributed by atoms with Crippen LogP contribution in [0.15, 0.2) is 66.9 Å². The Morgan fingerprint density at radius 1 is 0.977 bits per heavy atom. The van der Waals surface area contributed by atoms with Gasteiger partial charge in [-0.3, -0.25) is 14.6 Å². The summed E-state index contributed by atoms with van der Waals surface area (Å²) >= 11 is 0. The van der Waals surface area contributed by atoms with Crippen molar-refractivity contribution in [1.82, 2.24) is 15.6 Å². The van der Waals surface area contributed by atoms with Gasteiger partial charge in [0.1, 0.15) is 5.75 Å². The number of halogens is 1. The highest BCUT2D eigenvalue weighted by Gasteiger charge is 2.20. The number of pyridine rings is 1. The highest BCUT2D eigenvalue weighted by Crippen LogP contribution is 2.38. The number of benzene rings is 3. The number of carbonyl (C=O) groups excluding carboxylic acids is 2. The monoisotopic (exact) mass is 586 g/mol. The molecule has 9 nitrogen and oxygen atoms in total. The van der Waals surface area contributed by atoms with Gasteiger partial charge in [-0.25, -0.2) is 4.39 Å². The molecule has 3 aromatic carbocycles. The number of anilines is 1. The lowest BCUT2D eigenvalue weighted by atomic mass is 9.99. The highest BCUT2D eigenvalue weighted by atomic mass is 19.1. The molecular weight excluding hydrogens is 551 g/mol. The number of ether oxygens (including phenoxy) is 3. The maximum atomic E-state index is 15.1. The van der Waals surface area contributed by atoms with Crippen molar-refractivity contribution in [1.29, 1.82) is 0 Å². The number of hydrogen-bond acceptors (Lipinski definition) is 7. The first-order valence-corrected chi connectivity index (χ1v) is 14.3. The van der Waals surface area contributed by atoms with Crippen LogP contribution in [0.3, 0.4) is 0 Å². The van der Waals surface area contributed by atoms with Crippen molar-refractivity contribution in [2.75, 3.05) is 32.1 Å². The number of piperidine rings is 1. The first-order valence-electron chi connectivity index (χ1n) is 14.3. The van der Waals surface area contributed by atoms with Crippen molar-refractivity contribution >= 4 is 28.4 Å². The molecule has 0 radical (unpaired) electrons. The maximum absolute atomic E-state index is 15.1. The van der Waals surface area contributed by atoms with E-state index in [4.69, 9.17) is 14.2 Å². The second-order valence-electron chi connectivity index (χ2n) is 10.6. The van der Waals surface area contributed by atoms with E-state index in [1.165, 1.54) is 12.1 Å². The summed E-state index contributed by atoms with van der Waals surface area (Å²) in [7, 11) is 1.56. The van der Waals surface area contributed by atoms with Crippen LogP contribution >= 0.6 is 0 Å². The molecule has 224 valence electrons. The molecule has 0 bridgehead atoms. The zero-order valence-electron chi connectivity index (χ0n) is 24.4. The maximum Gasteiger partial charge on any atom is 0.313 e. The van der Waals surface area contributed by atoms with E-state index < -0.39 is 17.6 Å². The van der Waals surface area contributed by atoms with E-state index in [1.54, 1.807) is 38.4 Å². The van der Waals surface area contributed by atoms with Crippen LogP contribution in [0.4, 0.5) is 10.1 Å². The Morgan fingerprint density at radius 2 is 1.74 bits per heavy atom. The van der Waals surface area contributed by atoms with Crippen LogP contribution in [-0.4, -0.2) is 43.6 Å². The Bertz CT molecular complexity index is 1610. The Balaban J connectivity index is 1.25. The molecule has 0 saturated carbocycles. The fourth-order valence-electron chi connectivity index (χ4n) is 4.91. The number of carbonyl (C=O) groups is 2. The fourth-order valence-corrected chi connectivity index (χ4v) is 4.91. The molecule has 1 unspecified atom stereocenters. The molecule has 1 saturated heterocycles. The third-order valence-corrected chi connectivity index (χ3v) is 7.46. The van der Waals surface area contributed by atoms with Crippen molar-refractivity contribution in [3.8, 4) is 23.0 Å². The second kappa shape index (κ2) is 13.5. The van der Waals surface area contributed by atoms with Crippen LogP contribution in [0.25, 0.3) is 10.9 Å². The van der Waals surface area contributed by atoms with Crippen LogP contribution in [-0.2, 0) is 9.59 Å². The van der Waals surface area contributed by atoms with Gasteiger partial charge in [-0.15, -0.1) is 0 Å². The Labute approximate surface area is 249 Å². The number of methoxy groups -OCH3 is 1. The van der Waals surface area contributed by atoms with E-state index in [9.17, 15) is 9.59 Å². The summed E-state index contributed by atoms with van der Waals surface area (Å²) in [5, 5.41) is 9.06. The summed E-state index contributed by atoms with van der Waals surface area (Å²) in [6, 6.07) is 16.4. The van der Waals surface area contributed by atoms with Crippen LogP contribution in [0.5, 0.6) is 23.0 Å². The molecule has 1 aromatic heterocycles. The zero-order chi connectivity index (χ0) is 30.3. The van der Waals surface area contributed by atoms with E-state index >= 15 is 4.39 Å². The SMILES string of the molecule is COc1cc2c(Oc3ccc(NC(=O)C(=O)NC(C)c4ccc(C)cc4)cc3F)ccnc2cc1OCC1CCNCC1. The average Bonchev–Trinajstić information content (AvgIpc) is 3.01. The second-order valence-corrected chi connectivity index (χ2v) is 10.6. The van der Waals surface area contributed by atoms with Crippen LogP contribution in [0, 0.1) is 18.7 Å².